The molecule has 0 unspecified atom stereocenters. The predicted octanol–water partition coefficient (Wildman–Crippen LogP) is 2.90. The SMILES string of the molecule is Cc1cc(=O)oc2cc(OCC(=O)OC/C(=N\O)c3ccccc3)ccc12. The number of esters is 1. The quantitative estimate of drug-likeness (QED) is 0.236. The molecular weight excluding hydrogens is 350 g/mol. The topological polar surface area (TPSA) is 98.3 Å². The van der Waals surface area contributed by atoms with E-state index in [1.807, 2.05) is 13.0 Å². The van der Waals surface area contributed by atoms with E-state index < -0.39 is 11.6 Å². The molecular formula is C20H17NO6. The average molecular weight is 367 g/mol. The highest BCUT2D eigenvalue weighted by atomic mass is 16.6. The molecule has 0 bridgehead atoms. The van der Waals surface area contributed by atoms with Crippen LogP contribution in [0.4, 0.5) is 0 Å². The molecule has 7 heteroatoms. The first-order valence-electron chi connectivity index (χ1n) is 8.16. The standard InChI is InChI=1S/C20H17NO6/c1-13-9-19(22)27-18-10-15(7-8-16(13)18)25-12-20(23)26-11-17(21-24)14-5-3-2-4-6-14/h2-10,24H,11-12H2,1H3/b21-17+. The fourth-order valence-corrected chi connectivity index (χ4v) is 2.53. The molecule has 0 amide bonds. The smallest absolute Gasteiger partial charge is 0.344 e. The van der Waals surface area contributed by atoms with Crippen molar-refractivity contribution in [2.24, 2.45) is 5.16 Å². The minimum absolute atomic E-state index is 0.186. The molecule has 2 aromatic carbocycles. The molecule has 3 aromatic rings. The number of aryl methyl sites for hydroxylation is 1. The Kier molecular flexibility index (Phi) is 5.51. The normalized spacial score (nSPS) is 11.4. The third kappa shape index (κ3) is 4.52. The highest BCUT2D eigenvalue weighted by Crippen LogP contribution is 2.22. The lowest BCUT2D eigenvalue weighted by Crippen LogP contribution is -2.20. The number of rotatable bonds is 6. The monoisotopic (exact) mass is 367 g/mol. The highest BCUT2D eigenvalue weighted by molar-refractivity contribution is 6.01. The van der Waals surface area contributed by atoms with Crippen LogP contribution in [0.15, 0.2) is 69.0 Å². The second-order valence-corrected chi connectivity index (χ2v) is 5.77. The first-order valence-corrected chi connectivity index (χ1v) is 8.16. The first kappa shape index (κ1) is 18.2. The molecule has 0 fully saturated rings. The van der Waals surface area contributed by atoms with Gasteiger partial charge in [0.05, 0.1) is 0 Å². The molecule has 1 aromatic heterocycles. The molecule has 0 saturated carbocycles. The molecule has 0 spiro atoms. The molecule has 138 valence electrons. The summed E-state index contributed by atoms with van der Waals surface area (Å²) in [6, 6.07) is 15.2. The molecule has 3 rings (SSSR count). The second kappa shape index (κ2) is 8.18. The van der Waals surface area contributed by atoms with Crippen molar-refractivity contribution in [3.8, 4) is 5.75 Å². The van der Waals surface area contributed by atoms with Crippen LogP contribution >= 0.6 is 0 Å². The van der Waals surface area contributed by atoms with Gasteiger partial charge in [-0.25, -0.2) is 9.59 Å². The summed E-state index contributed by atoms with van der Waals surface area (Å²) in [5.74, 6) is -0.259. The van der Waals surface area contributed by atoms with Crippen molar-refractivity contribution >= 4 is 22.7 Å². The Bertz CT molecular complexity index is 1040. The summed E-state index contributed by atoms with van der Waals surface area (Å²) in [5.41, 5.74) is 1.60. The van der Waals surface area contributed by atoms with Gasteiger partial charge in [0.1, 0.15) is 23.7 Å². The van der Waals surface area contributed by atoms with Gasteiger partial charge in [-0.2, -0.15) is 0 Å². The third-order valence-electron chi connectivity index (χ3n) is 3.88. The largest absolute Gasteiger partial charge is 0.482 e. The van der Waals surface area contributed by atoms with Crippen LogP contribution in [0.1, 0.15) is 11.1 Å². The fraction of sp³-hybridized carbons (Fsp3) is 0.150. The number of ether oxygens (including phenoxy) is 2. The van der Waals surface area contributed by atoms with Gasteiger partial charge in [0.15, 0.2) is 6.61 Å². The Balaban J connectivity index is 1.59. The lowest BCUT2D eigenvalue weighted by atomic mass is 10.1. The van der Waals surface area contributed by atoms with E-state index in [9.17, 15) is 9.59 Å². The maximum absolute atomic E-state index is 11.9. The van der Waals surface area contributed by atoms with Gasteiger partial charge in [-0.3, -0.25) is 0 Å². The van der Waals surface area contributed by atoms with Gasteiger partial charge < -0.3 is 19.1 Å². The van der Waals surface area contributed by atoms with Gasteiger partial charge in [-0.15, -0.1) is 0 Å². The number of hydrogen-bond acceptors (Lipinski definition) is 7. The van der Waals surface area contributed by atoms with Gasteiger partial charge in [-0.1, -0.05) is 35.5 Å². The third-order valence-corrected chi connectivity index (χ3v) is 3.88. The van der Waals surface area contributed by atoms with Gasteiger partial charge in [-0.05, 0) is 24.6 Å². The Labute approximate surface area is 154 Å². The van der Waals surface area contributed by atoms with Gasteiger partial charge in [0, 0.05) is 23.1 Å². The van der Waals surface area contributed by atoms with E-state index in [-0.39, 0.29) is 18.9 Å². The molecule has 0 atom stereocenters. The Morgan fingerprint density at radius 2 is 1.89 bits per heavy atom. The Morgan fingerprint density at radius 3 is 2.63 bits per heavy atom. The average Bonchev–Trinajstić information content (AvgIpc) is 2.67. The zero-order chi connectivity index (χ0) is 19.2. The summed E-state index contributed by atoms with van der Waals surface area (Å²) in [6.45, 7) is 1.29. The summed E-state index contributed by atoms with van der Waals surface area (Å²) in [7, 11) is 0. The van der Waals surface area contributed by atoms with Crippen LogP contribution in [0.5, 0.6) is 5.75 Å². The zero-order valence-electron chi connectivity index (χ0n) is 14.5. The van der Waals surface area contributed by atoms with Crippen molar-refractivity contribution in [3.05, 3.63) is 76.1 Å². The summed E-state index contributed by atoms with van der Waals surface area (Å²) < 4.78 is 15.6. The Hall–Kier alpha value is -3.61. The fourth-order valence-electron chi connectivity index (χ4n) is 2.53. The molecule has 0 aliphatic rings. The number of hydrogen-bond donors (Lipinski definition) is 1. The minimum atomic E-state index is -0.627. The number of oxime groups is 1. The molecule has 27 heavy (non-hydrogen) atoms. The molecule has 1 N–H and O–H groups in total. The van der Waals surface area contributed by atoms with Gasteiger partial charge >= 0.3 is 11.6 Å². The molecule has 7 nitrogen and oxygen atoms in total. The maximum atomic E-state index is 11.9. The van der Waals surface area contributed by atoms with Crippen molar-refractivity contribution in [2.75, 3.05) is 13.2 Å². The van der Waals surface area contributed by atoms with Crippen molar-refractivity contribution < 1.29 is 23.9 Å². The van der Waals surface area contributed by atoms with Crippen LogP contribution in [0, 0.1) is 6.92 Å². The van der Waals surface area contributed by atoms with E-state index in [4.69, 9.17) is 19.1 Å². The van der Waals surface area contributed by atoms with Crippen molar-refractivity contribution in [1.29, 1.82) is 0 Å². The first-order chi connectivity index (χ1) is 13.1. The van der Waals surface area contributed by atoms with Gasteiger partial charge in [0.2, 0.25) is 0 Å². The lowest BCUT2D eigenvalue weighted by Gasteiger charge is -2.09. The molecule has 0 aliphatic heterocycles. The summed E-state index contributed by atoms with van der Waals surface area (Å²) in [6.07, 6.45) is 0. The molecule has 0 aliphatic carbocycles. The van der Waals surface area contributed by atoms with Crippen molar-refractivity contribution in [3.63, 3.8) is 0 Å². The summed E-state index contributed by atoms with van der Waals surface area (Å²) in [4.78, 5) is 23.3. The van der Waals surface area contributed by atoms with Crippen molar-refractivity contribution in [1.82, 2.24) is 0 Å². The van der Waals surface area contributed by atoms with E-state index in [0.29, 0.717) is 16.9 Å². The number of benzene rings is 2. The van der Waals surface area contributed by atoms with Crippen LogP contribution in [0.3, 0.4) is 0 Å². The van der Waals surface area contributed by atoms with Gasteiger partial charge in [0.25, 0.3) is 0 Å². The zero-order valence-corrected chi connectivity index (χ0v) is 14.5. The van der Waals surface area contributed by atoms with Crippen LogP contribution < -0.4 is 10.4 Å². The minimum Gasteiger partial charge on any atom is -0.482 e. The van der Waals surface area contributed by atoms with Crippen LogP contribution in [0.25, 0.3) is 11.0 Å². The van der Waals surface area contributed by atoms with Crippen LogP contribution in [-0.4, -0.2) is 30.1 Å². The molecule has 0 saturated heterocycles. The number of carbonyl (C=O) groups is 1. The van der Waals surface area contributed by atoms with E-state index in [1.165, 1.54) is 6.07 Å². The second-order valence-electron chi connectivity index (χ2n) is 5.77. The van der Waals surface area contributed by atoms with Crippen LogP contribution in [0.2, 0.25) is 0 Å². The predicted molar refractivity (Wildman–Crippen MR) is 98.4 cm³/mol. The van der Waals surface area contributed by atoms with E-state index in [1.54, 1.807) is 42.5 Å². The van der Waals surface area contributed by atoms with E-state index >= 15 is 0 Å². The highest BCUT2D eigenvalue weighted by Gasteiger charge is 2.10. The number of fused-ring (bicyclic) bond motifs is 1. The lowest BCUT2D eigenvalue weighted by molar-refractivity contribution is -0.144. The summed E-state index contributed by atoms with van der Waals surface area (Å²) in [5, 5.41) is 13.0. The van der Waals surface area contributed by atoms with E-state index in [0.717, 1.165) is 10.9 Å². The van der Waals surface area contributed by atoms with Crippen molar-refractivity contribution in [2.45, 2.75) is 6.92 Å². The number of nitrogens with zero attached hydrogens (tertiary/aromatic N) is 1. The Morgan fingerprint density at radius 1 is 1.11 bits per heavy atom. The van der Waals surface area contributed by atoms with E-state index in [2.05, 4.69) is 5.16 Å². The molecule has 0 radical (unpaired) electrons. The number of carbonyl (C=O) groups excluding carboxylic acids is 1. The van der Waals surface area contributed by atoms with Crippen LogP contribution in [-0.2, 0) is 9.53 Å². The maximum Gasteiger partial charge on any atom is 0.344 e. The molecule has 1 heterocycles. The summed E-state index contributed by atoms with van der Waals surface area (Å²) >= 11 is 0.